The van der Waals surface area contributed by atoms with Gasteiger partial charge in [0.2, 0.25) is 0 Å². The third kappa shape index (κ3) is 5.29. The summed E-state index contributed by atoms with van der Waals surface area (Å²) in [5.41, 5.74) is 0. The lowest BCUT2D eigenvalue weighted by Gasteiger charge is -2.36. The molecule has 1 aliphatic heterocycles. The molecule has 3 nitrogen and oxygen atoms in total. The van der Waals surface area contributed by atoms with Gasteiger partial charge in [0.05, 0.1) is 19.4 Å². The van der Waals surface area contributed by atoms with Gasteiger partial charge in [-0.1, -0.05) is 31.8 Å². The minimum absolute atomic E-state index is 0.264. The van der Waals surface area contributed by atoms with E-state index in [-0.39, 0.29) is 6.61 Å². The number of hydrogen-bond donors (Lipinski definition) is 2. The quantitative estimate of drug-likeness (QED) is 0.326. The molecule has 0 bridgehead atoms. The van der Waals surface area contributed by atoms with Gasteiger partial charge in [-0.05, 0) is 26.2 Å². The van der Waals surface area contributed by atoms with Gasteiger partial charge in [-0.25, -0.2) is 0 Å². The van der Waals surface area contributed by atoms with Crippen LogP contribution in [0.2, 0.25) is 0 Å². The number of nitrogens with one attached hydrogen (secondary N) is 1. The maximum atomic E-state index is 9.27. The third-order valence-electron chi connectivity index (χ3n) is 4.52. The van der Waals surface area contributed by atoms with Gasteiger partial charge in [0.25, 0.3) is 0 Å². The Labute approximate surface area is 125 Å². The Bertz CT molecular complexity index is 291. The molecule has 20 heavy (non-hydrogen) atoms. The first kappa shape index (κ1) is 17.3. The van der Waals surface area contributed by atoms with Crippen LogP contribution in [0.25, 0.3) is 0 Å². The smallest absolute Gasteiger partial charge is 0.166 e. The molecule has 116 valence electrons. The average molecular weight is 281 g/mol. The summed E-state index contributed by atoms with van der Waals surface area (Å²) in [7, 11) is 0. The molecule has 0 spiro atoms. The van der Waals surface area contributed by atoms with Gasteiger partial charge in [0.15, 0.2) is 6.17 Å². The fraction of sp³-hybridized carbons (Fsp3) is 0.765. The monoisotopic (exact) mass is 281 g/mol. The number of hydrogen-bond acceptors (Lipinski definition) is 2. The van der Waals surface area contributed by atoms with Crippen molar-refractivity contribution in [3.05, 3.63) is 25.1 Å². The SMILES string of the molecule is C=CCCCCCCCCC1NC=C[N+]1(CC)CCO. The Morgan fingerprint density at radius 3 is 2.55 bits per heavy atom. The van der Waals surface area contributed by atoms with Crippen LogP contribution >= 0.6 is 0 Å². The number of nitrogens with zero attached hydrogens (tertiary/aromatic N) is 1. The molecule has 3 heteroatoms. The van der Waals surface area contributed by atoms with Crippen LogP contribution in [-0.4, -0.2) is 35.5 Å². The van der Waals surface area contributed by atoms with E-state index in [1.165, 1.54) is 44.9 Å². The van der Waals surface area contributed by atoms with Crippen LogP contribution in [0.1, 0.15) is 58.3 Å². The first-order valence-electron chi connectivity index (χ1n) is 8.31. The largest absolute Gasteiger partial charge is 0.390 e. The highest BCUT2D eigenvalue weighted by atomic mass is 16.3. The third-order valence-corrected chi connectivity index (χ3v) is 4.52. The van der Waals surface area contributed by atoms with Crippen molar-refractivity contribution in [2.24, 2.45) is 0 Å². The predicted octanol–water partition coefficient (Wildman–Crippen LogP) is 3.52. The normalized spacial score (nSPS) is 24.8. The lowest BCUT2D eigenvalue weighted by Crippen LogP contribution is -2.54. The topological polar surface area (TPSA) is 32.3 Å². The van der Waals surface area contributed by atoms with Crippen LogP contribution in [0.4, 0.5) is 0 Å². The highest BCUT2D eigenvalue weighted by Gasteiger charge is 2.35. The highest BCUT2D eigenvalue weighted by molar-refractivity contribution is 4.84. The molecule has 0 aromatic carbocycles. The summed E-state index contributed by atoms with van der Waals surface area (Å²) >= 11 is 0. The number of allylic oxidation sites excluding steroid dienone is 1. The van der Waals surface area contributed by atoms with E-state index in [0.29, 0.717) is 6.17 Å². The second-order valence-corrected chi connectivity index (χ2v) is 5.85. The number of likely N-dealkylation sites (N-methyl/N-ethyl adjacent to an activating group) is 1. The summed E-state index contributed by atoms with van der Waals surface area (Å²) in [4.78, 5) is 0. The molecule has 2 atom stereocenters. The molecule has 1 aliphatic rings. The van der Waals surface area contributed by atoms with Crippen molar-refractivity contribution in [1.29, 1.82) is 0 Å². The van der Waals surface area contributed by atoms with E-state index in [1.54, 1.807) is 0 Å². The van der Waals surface area contributed by atoms with Crippen LogP contribution in [0, 0.1) is 0 Å². The molecule has 2 N–H and O–H groups in total. The molecule has 1 heterocycles. The maximum absolute atomic E-state index is 9.27. The second-order valence-electron chi connectivity index (χ2n) is 5.85. The van der Waals surface area contributed by atoms with E-state index < -0.39 is 0 Å². The van der Waals surface area contributed by atoms with E-state index >= 15 is 0 Å². The van der Waals surface area contributed by atoms with E-state index in [1.807, 2.05) is 6.08 Å². The average Bonchev–Trinajstić information content (AvgIpc) is 2.86. The van der Waals surface area contributed by atoms with Crippen molar-refractivity contribution in [2.45, 2.75) is 64.5 Å². The summed E-state index contributed by atoms with van der Waals surface area (Å²) in [6.45, 7) is 8.11. The van der Waals surface area contributed by atoms with Gasteiger partial charge in [-0.15, -0.1) is 6.58 Å². The van der Waals surface area contributed by atoms with Gasteiger partial charge >= 0.3 is 0 Å². The van der Waals surface area contributed by atoms with Crippen molar-refractivity contribution in [2.75, 3.05) is 19.7 Å². The fourth-order valence-corrected chi connectivity index (χ4v) is 3.13. The van der Waals surface area contributed by atoms with Gasteiger partial charge in [0.1, 0.15) is 12.7 Å². The highest BCUT2D eigenvalue weighted by Crippen LogP contribution is 2.22. The number of quaternary nitrogens is 1. The Morgan fingerprint density at radius 1 is 1.20 bits per heavy atom. The zero-order chi connectivity index (χ0) is 14.7. The predicted molar refractivity (Wildman–Crippen MR) is 86.0 cm³/mol. The molecular formula is C17H33N2O+. The van der Waals surface area contributed by atoms with E-state index in [2.05, 4.69) is 31.2 Å². The first-order chi connectivity index (χ1) is 9.79. The van der Waals surface area contributed by atoms with Crippen molar-refractivity contribution in [3.63, 3.8) is 0 Å². The van der Waals surface area contributed by atoms with Crippen LogP contribution in [-0.2, 0) is 0 Å². The lowest BCUT2D eigenvalue weighted by molar-refractivity contribution is -0.900. The molecule has 0 aliphatic carbocycles. The first-order valence-corrected chi connectivity index (χ1v) is 8.31. The summed E-state index contributed by atoms with van der Waals surface area (Å²) in [5, 5.41) is 12.7. The standard InChI is InChI=1S/C17H33N2O/c1-3-5-6-7-8-9-10-11-12-17-18-13-14-19(17,4-2)15-16-20/h3,13-14,17-18,20H,1,4-12,15-16H2,2H3/q+1. The molecule has 0 aromatic heterocycles. The minimum atomic E-state index is 0.264. The van der Waals surface area contributed by atoms with Crippen LogP contribution in [0.3, 0.4) is 0 Å². The Hall–Kier alpha value is -0.800. The van der Waals surface area contributed by atoms with Gasteiger partial charge < -0.3 is 10.4 Å². The van der Waals surface area contributed by atoms with Crippen molar-refractivity contribution in [3.8, 4) is 0 Å². The zero-order valence-corrected chi connectivity index (χ0v) is 13.2. The number of rotatable bonds is 12. The van der Waals surface area contributed by atoms with E-state index in [9.17, 15) is 5.11 Å². The van der Waals surface area contributed by atoms with Crippen molar-refractivity contribution >= 4 is 0 Å². The molecule has 0 saturated carbocycles. The summed E-state index contributed by atoms with van der Waals surface area (Å²) in [5.74, 6) is 0. The number of unbranched alkanes of at least 4 members (excludes halogenated alkanes) is 6. The van der Waals surface area contributed by atoms with Crippen LogP contribution < -0.4 is 5.32 Å². The van der Waals surface area contributed by atoms with Gasteiger partial charge in [-0.2, -0.15) is 0 Å². The Balaban J connectivity index is 2.13. The van der Waals surface area contributed by atoms with Crippen LogP contribution in [0.15, 0.2) is 25.1 Å². The molecule has 0 radical (unpaired) electrons. The lowest BCUT2D eigenvalue weighted by atomic mass is 10.1. The number of aliphatic hydroxyl groups is 1. The molecule has 1 rings (SSSR count). The summed E-state index contributed by atoms with van der Waals surface area (Å²) < 4.78 is 0.899. The Morgan fingerprint density at radius 2 is 1.90 bits per heavy atom. The molecular weight excluding hydrogens is 248 g/mol. The van der Waals surface area contributed by atoms with Crippen LogP contribution in [0.5, 0.6) is 0 Å². The number of aliphatic hydroxyl groups excluding tert-OH is 1. The molecule has 0 aromatic rings. The molecule has 0 amide bonds. The summed E-state index contributed by atoms with van der Waals surface area (Å²) in [6, 6.07) is 0. The van der Waals surface area contributed by atoms with E-state index in [0.717, 1.165) is 24.0 Å². The van der Waals surface area contributed by atoms with Crippen molar-refractivity contribution < 1.29 is 9.59 Å². The van der Waals surface area contributed by atoms with Gasteiger partial charge in [0, 0.05) is 6.42 Å². The zero-order valence-electron chi connectivity index (χ0n) is 13.2. The Kier molecular flexibility index (Phi) is 8.63. The molecule has 0 saturated heterocycles. The fourth-order valence-electron chi connectivity index (χ4n) is 3.13. The second kappa shape index (κ2) is 10.0. The van der Waals surface area contributed by atoms with Gasteiger partial charge in [-0.3, -0.25) is 4.48 Å². The maximum Gasteiger partial charge on any atom is 0.166 e. The van der Waals surface area contributed by atoms with E-state index in [4.69, 9.17) is 0 Å². The van der Waals surface area contributed by atoms with Crippen molar-refractivity contribution in [1.82, 2.24) is 5.32 Å². The minimum Gasteiger partial charge on any atom is -0.390 e. The molecule has 0 fully saturated rings. The molecule has 2 unspecified atom stereocenters. The summed E-state index contributed by atoms with van der Waals surface area (Å²) in [6.07, 6.45) is 17.1.